The molecular formula is C23H28N2O3. The van der Waals surface area contributed by atoms with E-state index in [1.165, 1.54) is 0 Å². The van der Waals surface area contributed by atoms with E-state index in [2.05, 4.69) is 6.92 Å². The molecule has 0 aromatic heterocycles. The quantitative estimate of drug-likeness (QED) is 0.774. The molecule has 1 fully saturated rings. The molecular weight excluding hydrogens is 352 g/mol. The summed E-state index contributed by atoms with van der Waals surface area (Å²) in [6, 6.07) is 17.6. The molecule has 2 amide bonds. The number of hydrogen-bond acceptors (Lipinski definition) is 3. The second-order valence-corrected chi connectivity index (χ2v) is 7.03. The van der Waals surface area contributed by atoms with Crippen LogP contribution in [-0.2, 0) is 22.4 Å². The Morgan fingerprint density at radius 2 is 1.50 bits per heavy atom. The first kappa shape index (κ1) is 19.9. The molecule has 1 aliphatic heterocycles. The summed E-state index contributed by atoms with van der Waals surface area (Å²) in [4.78, 5) is 28.8. The van der Waals surface area contributed by atoms with E-state index in [0.29, 0.717) is 32.6 Å². The first-order valence-electron chi connectivity index (χ1n) is 9.97. The molecule has 28 heavy (non-hydrogen) atoms. The van der Waals surface area contributed by atoms with Gasteiger partial charge < -0.3 is 14.5 Å². The van der Waals surface area contributed by atoms with E-state index in [-0.39, 0.29) is 18.4 Å². The summed E-state index contributed by atoms with van der Waals surface area (Å²) in [5.74, 6) is 0.865. The summed E-state index contributed by atoms with van der Waals surface area (Å²) in [5.41, 5.74) is 2.12. The molecule has 0 unspecified atom stereocenters. The van der Waals surface area contributed by atoms with Crippen molar-refractivity contribution in [2.75, 3.05) is 32.8 Å². The summed E-state index contributed by atoms with van der Waals surface area (Å²) in [5, 5.41) is 0. The van der Waals surface area contributed by atoms with E-state index in [1.54, 1.807) is 0 Å². The van der Waals surface area contributed by atoms with Crippen LogP contribution in [0.4, 0.5) is 0 Å². The lowest BCUT2D eigenvalue weighted by Gasteiger charge is -2.22. The van der Waals surface area contributed by atoms with Gasteiger partial charge >= 0.3 is 0 Å². The summed E-state index contributed by atoms with van der Waals surface area (Å²) < 4.78 is 5.77. The standard InChI is InChI=1S/C23H28N2O3/c1-2-20-11-6-7-12-21(20)28-18-23(27)25-14-8-13-24(15-16-25)22(26)17-19-9-4-3-5-10-19/h3-7,9-12H,2,8,13-18H2,1H3. The van der Waals surface area contributed by atoms with Crippen LogP contribution >= 0.6 is 0 Å². The summed E-state index contributed by atoms with van der Waals surface area (Å²) in [6.07, 6.45) is 2.07. The smallest absolute Gasteiger partial charge is 0.260 e. The van der Waals surface area contributed by atoms with Gasteiger partial charge in [-0.25, -0.2) is 0 Å². The number of nitrogens with zero attached hydrogens (tertiary/aromatic N) is 2. The highest BCUT2D eigenvalue weighted by Gasteiger charge is 2.22. The van der Waals surface area contributed by atoms with Crippen molar-refractivity contribution in [1.29, 1.82) is 0 Å². The second-order valence-electron chi connectivity index (χ2n) is 7.03. The molecule has 1 heterocycles. The molecule has 148 valence electrons. The van der Waals surface area contributed by atoms with Gasteiger partial charge in [-0.05, 0) is 30.0 Å². The Labute approximate surface area is 166 Å². The minimum absolute atomic E-state index is 0.0248. The number of rotatable bonds is 6. The third-order valence-electron chi connectivity index (χ3n) is 5.10. The van der Waals surface area contributed by atoms with E-state index in [9.17, 15) is 9.59 Å². The van der Waals surface area contributed by atoms with Crippen molar-refractivity contribution in [3.63, 3.8) is 0 Å². The van der Waals surface area contributed by atoms with E-state index in [1.807, 2.05) is 64.4 Å². The van der Waals surface area contributed by atoms with Crippen molar-refractivity contribution >= 4 is 11.8 Å². The highest BCUT2D eigenvalue weighted by atomic mass is 16.5. The van der Waals surface area contributed by atoms with Crippen LogP contribution in [0.3, 0.4) is 0 Å². The molecule has 0 spiro atoms. The Balaban J connectivity index is 1.50. The number of ether oxygens (including phenoxy) is 1. The van der Waals surface area contributed by atoms with Gasteiger partial charge in [-0.1, -0.05) is 55.5 Å². The third kappa shape index (κ3) is 5.35. The Hall–Kier alpha value is -2.82. The van der Waals surface area contributed by atoms with Crippen molar-refractivity contribution < 1.29 is 14.3 Å². The molecule has 2 aromatic rings. The zero-order chi connectivity index (χ0) is 19.8. The number of amides is 2. The SMILES string of the molecule is CCc1ccccc1OCC(=O)N1CCCN(C(=O)Cc2ccccc2)CC1. The average molecular weight is 380 g/mol. The van der Waals surface area contributed by atoms with Crippen LogP contribution in [-0.4, -0.2) is 54.4 Å². The van der Waals surface area contributed by atoms with E-state index < -0.39 is 0 Å². The van der Waals surface area contributed by atoms with Crippen molar-refractivity contribution in [1.82, 2.24) is 9.80 Å². The first-order valence-corrected chi connectivity index (χ1v) is 9.97. The van der Waals surface area contributed by atoms with Crippen LogP contribution in [0.2, 0.25) is 0 Å². The largest absolute Gasteiger partial charge is 0.483 e. The Bertz CT molecular complexity index is 791. The van der Waals surface area contributed by atoms with E-state index in [0.717, 1.165) is 29.7 Å². The lowest BCUT2D eigenvalue weighted by Crippen LogP contribution is -2.39. The number of para-hydroxylation sites is 1. The van der Waals surface area contributed by atoms with Gasteiger partial charge in [0.25, 0.3) is 5.91 Å². The highest BCUT2D eigenvalue weighted by Crippen LogP contribution is 2.18. The minimum atomic E-state index is -0.0248. The average Bonchev–Trinajstić information content (AvgIpc) is 2.99. The fourth-order valence-electron chi connectivity index (χ4n) is 3.47. The maximum Gasteiger partial charge on any atom is 0.260 e. The van der Waals surface area contributed by atoms with Gasteiger partial charge in [0.05, 0.1) is 6.42 Å². The molecule has 0 bridgehead atoms. The molecule has 0 atom stereocenters. The Morgan fingerprint density at radius 1 is 0.857 bits per heavy atom. The maximum absolute atomic E-state index is 12.6. The van der Waals surface area contributed by atoms with Gasteiger partial charge in [0.1, 0.15) is 5.75 Å². The molecule has 1 saturated heterocycles. The molecule has 0 aliphatic carbocycles. The van der Waals surface area contributed by atoms with Gasteiger partial charge in [-0.2, -0.15) is 0 Å². The normalized spacial score (nSPS) is 14.5. The summed E-state index contributed by atoms with van der Waals surface area (Å²) in [7, 11) is 0. The van der Waals surface area contributed by atoms with Crippen molar-refractivity contribution in [2.24, 2.45) is 0 Å². The lowest BCUT2D eigenvalue weighted by molar-refractivity contribution is -0.134. The van der Waals surface area contributed by atoms with Crippen molar-refractivity contribution in [3.05, 3.63) is 65.7 Å². The molecule has 3 rings (SSSR count). The highest BCUT2D eigenvalue weighted by molar-refractivity contribution is 5.80. The topological polar surface area (TPSA) is 49.9 Å². The van der Waals surface area contributed by atoms with Gasteiger partial charge in [0.15, 0.2) is 6.61 Å². The Morgan fingerprint density at radius 3 is 2.21 bits per heavy atom. The van der Waals surface area contributed by atoms with Crippen LogP contribution in [0.25, 0.3) is 0 Å². The van der Waals surface area contributed by atoms with E-state index in [4.69, 9.17) is 4.74 Å². The monoisotopic (exact) mass is 380 g/mol. The van der Waals surface area contributed by atoms with Gasteiger partial charge in [0, 0.05) is 26.2 Å². The van der Waals surface area contributed by atoms with Crippen LogP contribution < -0.4 is 4.74 Å². The second kappa shape index (κ2) is 9.93. The number of benzene rings is 2. The van der Waals surface area contributed by atoms with Gasteiger partial charge in [-0.3, -0.25) is 9.59 Å². The Kier molecular flexibility index (Phi) is 7.06. The lowest BCUT2D eigenvalue weighted by atomic mass is 10.1. The summed E-state index contributed by atoms with van der Waals surface area (Å²) >= 11 is 0. The molecule has 0 saturated carbocycles. The molecule has 5 heteroatoms. The number of carbonyl (C=O) groups excluding carboxylic acids is 2. The van der Waals surface area contributed by atoms with Crippen LogP contribution in [0.15, 0.2) is 54.6 Å². The van der Waals surface area contributed by atoms with Crippen LogP contribution in [0, 0.1) is 0 Å². The van der Waals surface area contributed by atoms with Crippen molar-refractivity contribution in [2.45, 2.75) is 26.2 Å². The fraction of sp³-hybridized carbons (Fsp3) is 0.391. The third-order valence-corrected chi connectivity index (χ3v) is 5.10. The van der Waals surface area contributed by atoms with Crippen LogP contribution in [0.1, 0.15) is 24.5 Å². The molecule has 2 aromatic carbocycles. The maximum atomic E-state index is 12.6. The zero-order valence-electron chi connectivity index (χ0n) is 16.5. The first-order chi connectivity index (χ1) is 13.7. The molecule has 1 aliphatic rings. The molecule has 0 N–H and O–H groups in total. The van der Waals surface area contributed by atoms with Crippen LogP contribution in [0.5, 0.6) is 5.75 Å². The minimum Gasteiger partial charge on any atom is -0.483 e. The number of carbonyl (C=O) groups is 2. The molecule has 5 nitrogen and oxygen atoms in total. The van der Waals surface area contributed by atoms with E-state index >= 15 is 0 Å². The zero-order valence-corrected chi connectivity index (χ0v) is 16.5. The van der Waals surface area contributed by atoms with Crippen molar-refractivity contribution in [3.8, 4) is 5.75 Å². The summed E-state index contributed by atoms with van der Waals surface area (Å²) in [6.45, 7) is 4.58. The number of hydrogen-bond donors (Lipinski definition) is 0. The number of aryl methyl sites for hydroxylation is 1. The predicted octanol–water partition coefficient (Wildman–Crippen LogP) is 2.93. The molecule has 0 radical (unpaired) electrons. The predicted molar refractivity (Wildman–Crippen MR) is 109 cm³/mol. The van der Waals surface area contributed by atoms with Gasteiger partial charge in [0.2, 0.25) is 5.91 Å². The fourth-order valence-corrected chi connectivity index (χ4v) is 3.47. The van der Waals surface area contributed by atoms with Gasteiger partial charge in [-0.15, -0.1) is 0 Å².